The second-order valence-corrected chi connectivity index (χ2v) is 5.48. The number of benzene rings is 1. The lowest BCUT2D eigenvalue weighted by Gasteiger charge is -2.07. The third-order valence-corrected chi connectivity index (χ3v) is 4.41. The lowest BCUT2D eigenvalue weighted by Crippen LogP contribution is -2.17. The number of aromatic nitrogens is 2. The standard InChI is InChI=1S/C13H10N2O4S/c1-14-5-6(12(17)18)10(16)9-7(14)3-4-8-11(9)20-13(19)15(8)2/h3-5H,1-2H3,(H,17,18). The summed E-state index contributed by atoms with van der Waals surface area (Å²) < 4.78 is 3.56. The number of pyridine rings is 1. The van der Waals surface area contributed by atoms with Gasteiger partial charge in [0.1, 0.15) is 5.56 Å². The predicted octanol–water partition coefficient (Wildman–Crippen LogP) is 1.15. The quantitative estimate of drug-likeness (QED) is 0.729. The van der Waals surface area contributed by atoms with Crippen LogP contribution in [0.5, 0.6) is 0 Å². The predicted molar refractivity (Wildman–Crippen MR) is 76.8 cm³/mol. The largest absolute Gasteiger partial charge is 0.477 e. The van der Waals surface area contributed by atoms with Crippen molar-refractivity contribution in [2.45, 2.75) is 0 Å². The Bertz CT molecular complexity index is 993. The second kappa shape index (κ2) is 4.04. The fourth-order valence-corrected chi connectivity index (χ4v) is 3.32. The zero-order chi connectivity index (χ0) is 14.6. The highest BCUT2D eigenvalue weighted by Crippen LogP contribution is 2.25. The smallest absolute Gasteiger partial charge is 0.341 e. The van der Waals surface area contributed by atoms with Crippen molar-refractivity contribution in [2.24, 2.45) is 14.1 Å². The summed E-state index contributed by atoms with van der Waals surface area (Å²) in [6.07, 6.45) is 1.30. The van der Waals surface area contributed by atoms with Gasteiger partial charge in [-0.15, -0.1) is 0 Å². The molecule has 0 saturated carbocycles. The minimum Gasteiger partial charge on any atom is -0.477 e. The summed E-state index contributed by atoms with van der Waals surface area (Å²) in [7, 11) is 3.30. The van der Waals surface area contributed by atoms with Gasteiger partial charge in [-0.05, 0) is 12.1 Å². The molecule has 1 N–H and O–H groups in total. The number of aromatic carboxylic acids is 1. The molecule has 1 aromatic carbocycles. The maximum atomic E-state index is 12.4. The molecule has 20 heavy (non-hydrogen) atoms. The van der Waals surface area contributed by atoms with Crippen molar-refractivity contribution in [1.82, 2.24) is 9.13 Å². The molecule has 0 atom stereocenters. The SMILES string of the molecule is Cn1cc(C(=O)O)c(=O)c2c3sc(=O)n(C)c3ccc21. The van der Waals surface area contributed by atoms with Crippen LogP contribution in [0, 0.1) is 0 Å². The topological polar surface area (TPSA) is 81.3 Å². The highest BCUT2D eigenvalue weighted by molar-refractivity contribution is 7.17. The van der Waals surface area contributed by atoms with E-state index in [2.05, 4.69) is 0 Å². The van der Waals surface area contributed by atoms with Crippen LogP contribution in [0.15, 0.2) is 27.9 Å². The second-order valence-electron chi connectivity index (χ2n) is 4.52. The zero-order valence-corrected chi connectivity index (χ0v) is 11.5. The van der Waals surface area contributed by atoms with Crippen LogP contribution < -0.4 is 10.3 Å². The van der Waals surface area contributed by atoms with Gasteiger partial charge in [0.15, 0.2) is 0 Å². The summed E-state index contributed by atoms with van der Waals surface area (Å²) >= 11 is 0.953. The first-order valence-corrected chi connectivity index (χ1v) is 6.58. The van der Waals surface area contributed by atoms with Crippen LogP contribution >= 0.6 is 11.3 Å². The van der Waals surface area contributed by atoms with E-state index in [9.17, 15) is 14.4 Å². The molecule has 0 bridgehead atoms. The summed E-state index contributed by atoms with van der Waals surface area (Å²) in [4.78, 5) is 35.1. The number of carbonyl (C=O) groups is 1. The highest BCUT2D eigenvalue weighted by Gasteiger charge is 2.17. The fraction of sp³-hybridized carbons (Fsp3) is 0.154. The summed E-state index contributed by atoms with van der Waals surface area (Å²) in [5.74, 6) is -1.27. The van der Waals surface area contributed by atoms with Crippen LogP contribution in [0.25, 0.3) is 21.1 Å². The van der Waals surface area contributed by atoms with Crippen LogP contribution in [-0.4, -0.2) is 20.2 Å². The molecule has 3 rings (SSSR count). The average Bonchev–Trinajstić information content (AvgIpc) is 2.69. The number of hydrogen-bond acceptors (Lipinski definition) is 4. The Morgan fingerprint density at radius 1 is 1.20 bits per heavy atom. The molecule has 0 amide bonds. The lowest BCUT2D eigenvalue weighted by molar-refractivity contribution is 0.0695. The van der Waals surface area contributed by atoms with Crippen molar-refractivity contribution in [3.8, 4) is 0 Å². The molecule has 0 fully saturated rings. The molecule has 0 aliphatic carbocycles. The van der Waals surface area contributed by atoms with E-state index in [4.69, 9.17) is 5.11 Å². The Morgan fingerprint density at radius 2 is 1.85 bits per heavy atom. The van der Waals surface area contributed by atoms with Crippen LogP contribution in [0.3, 0.4) is 0 Å². The van der Waals surface area contributed by atoms with Gasteiger partial charge in [-0.2, -0.15) is 0 Å². The number of hydrogen-bond donors (Lipinski definition) is 1. The minimum absolute atomic E-state index is 0.185. The van der Waals surface area contributed by atoms with E-state index < -0.39 is 11.4 Å². The number of fused-ring (bicyclic) bond motifs is 3. The molecule has 2 aromatic heterocycles. The van der Waals surface area contributed by atoms with E-state index in [1.165, 1.54) is 10.8 Å². The van der Waals surface area contributed by atoms with Gasteiger partial charge in [-0.3, -0.25) is 9.59 Å². The number of thiazole rings is 1. The van der Waals surface area contributed by atoms with Gasteiger partial charge in [-0.25, -0.2) is 4.79 Å². The molecule has 0 aliphatic rings. The molecule has 102 valence electrons. The van der Waals surface area contributed by atoms with E-state index in [1.54, 1.807) is 30.8 Å². The van der Waals surface area contributed by atoms with Crippen LogP contribution in [-0.2, 0) is 14.1 Å². The van der Waals surface area contributed by atoms with Crippen LogP contribution in [0.4, 0.5) is 0 Å². The van der Waals surface area contributed by atoms with E-state index in [0.717, 1.165) is 11.3 Å². The van der Waals surface area contributed by atoms with Crippen LogP contribution in [0.1, 0.15) is 10.4 Å². The normalized spacial score (nSPS) is 11.3. The first-order valence-electron chi connectivity index (χ1n) is 5.77. The van der Waals surface area contributed by atoms with Gasteiger partial charge >= 0.3 is 10.8 Å². The third kappa shape index (κ3) is 1.53. The van der Waals surface area contributed by atoms with Crippen molar-refractivity contribution in [3.05, 3.63) is 43.8 Å². The minimum atomic E-state index is -1.27. The number of carboxylic acids is 1. The lowest BCUT2D eigenvalue weighted by atomic mass is 10.1. The van der Waals surface area contributed by atoms with Crippen molar-refractivity contribution >= 4 is 38.4 Å². The number of aryl methyl sites for hydroxylation is 2. The van der Waals surface area contributed by atoms with Crippen molar-refractivity contribution in [3.63, 3.8) is 0 Å². The summed E-state index contributed by atoms with van der Waals surface area (Å²) in [6.45, 7) is 0. The number of rotatable bonds is 1. The molecule has 0 saturated heterocycles. The molecule has 2 heterocycles. The maximum Gasteiger partial charge on any atom is 0.341 e. The van der Waals surface area contributed by atoms with Gasteiger partial charge in [0.05, 0.1) is 21.1 Å². The van der Waals surface area contributed by atoms with E-state index in [0.29, 0.717) is 15.7 Å². The molecule has 7 heteroatoms. The molecule has 0 spiro atoms. The average molecular weight is 290 g/mol. The molecular weight excluding hydrogens is 280 g/mol. The van der Waals surface area contributed by atoms with Gasteiger partial charge in [-0.1, -0.05) is 11.3 Å². The Morgan fingerprint density at radius 3 is 2.50 bits per heavy atom. The molecule has 0 aliphatic heterocycles. The van der Waals surface area contributed by atoms with E-state index in [1.807, 2.05) is 0 Å². The molecule has 0 radical (unpaired) electrons. The van der Waals surface area contributed by atoms with Crippen molar-refractivity contribution < 1.29 is 9.90 Å². The van der Waals surface area contributed by atoms with Crippen LogP contribution in [0.2, 0.25) is 0 Å². The number of nitrogens with zero attached hydrogens (tertiary/aromatic N) is 2. The Kier molecular flexibility index (Phi) is 2.55. The monoisotopic (exact) mass is 290 g/mol. The summed E-state index contributed by atoms with van der Waals surface area (Å²) in [6, 6.07) is 3.48. The first kappa shape index (κ1) is 12.6. The Balaban J connectivity index is 2.68. The molecule has 3 aromatic rings. The fourth-order valence-electron chi connectivity index (χ4n) is 2.31. The zero-order valence-electron chi connectivity index (χ0n) is 10.7. The number of carboxylic acid groups (broad SMARTS) is 1. The molecule has 0 unspecified atom stereocenters. The van der Waals surface area contributed by atoms with E-state index in [-0.39, 0.29) is 15.8 Å². The first-order chi connectivity index (χ1) is 9.41. The molecular formula is C13H10N2O4S. The van der Waals surface area contributed by atoms with Crippen molar-refractivity contribution in [2.75, 3.05) is 0 Å². The Labute approximate surface area is 116 Å². The summed E-state index contributed by atoms with van der Waals surface area (Å²) in [5, 5.41) is 9.39. The maximum absolute atomic E-state index is 12.4. The summed E-state index contributed by atoms with van der Waals surface area (Å²) in [5.41, 5.74) is 0.385. The van der Waals surface area contributed by atoms with E-state index >= 15 is 0 Å². The highest BCUT2D eigenvalue weighted by atomic mass is 32.1. The van der Waals surface area contributed by atoms with Gasteiger partial charge < -0.3 is 14.2 Å². The van der Waals surface area contributed by atoms with Crippen molar-refractivity contribution in [1.29, 1.82) is 0 Å². The Hall–Kier alpha value is -2.41. The van der Waals surface area contributed by atoms with Gasteiger partial charge in [0.2, 0.25) is 5.43 Å². The van der Waals surface area contributed by atoms with Gasteiger partial charge in [0, 0.05) is 20.3 Å². The molecule has 6 nitrogen and oxygen atoms in total. The van der Waals surface area contributed by atoms with Gasteiger partial charge in [0.25, 0.3) is 0 Å². The third-order valence-electron chi connectivity index (χ3n) is 3.34.